The topological polar surface area (TPSA) is 27.7 Å². The van der Waals surface area contributed by atoms with Crippen LogP contribution < -0.4 is 10.2 Å². The number of anilines is 1. The van der Waals surface area contributed by atoms with Crippen LogP contribution in [0.1, 0.15) is 25.3 Å². The summed E-state index contributed by atoms with van der Waals surface area (Å²) in [5.41, 5.74) is 3.23. The van der Waals surface area contributed by atoms with Crippen LogP contribution in [0.25, 0.3) is 0 Å². The second-order valence-electron chi connectivity index (χ2n) is 7.46. The van der Waals surface area contributed by atoms with E-state index in [0.717, 1.165) is 39.3 Å². The van der Waals surface area contributed by atoms with E-state index in [4.69, 9.17) is 4.74 Å². The second-order valence-corrected chi connectivity index (χ2v) is 7.46. The SMILES string of the molecule is COCC(NCc1ccccc1N1CCN(C)CC1)C1(C)CC1. The first-order valence-electron chi connectivity index (χ1n) is 8.86. The van der Waals surface area contributed by atoms with Gasteiger partial charge in [0.1, 0.15) is 0 Å². The van der Waals surface area contributed by atoms with Gasteiger partial charge < -0.3 is 19.9 Å². The van der Waals surface area contributed by atoms with Gasteiger partial charge in [-0.2, -0.15) is 0 Å². The molecule has 4 heteroatoms. The van der Waals surface area contributed by atoms with Crippen molar-refractivity contribution in [3.63, 3.8) is 0 Å². The Morgan fingerprint density at radius 1 is 1.17 bits per heavy atom. The van der Waals surface area contributed by atoms with Gasteiger partial charge in [-0.15, -0.1) is 0 Å². The van der Waals surface area contributed by atoms with Crippen LogP contribution in [0.3, 0.4) is 0 Å². The average molecular weight is 317 g/mol. The quantitative estimate of drug-likeness (QED) is 0.835. The molecule has 0 aromatic heterocycles. The lowest BCUT2D eigenvalue weighted by atomic mass is 9.99. The Balaban J connectivity index is 1.65. The molecule has 2 fully saturated rings. The Morgan fingerprint density at radius 3 is 2.52 bits per heavy atom. The first kappa shape index (κ1) is 16.7. The third-order valence-electron chi connectivity index (χ3n) is 5.59. The van der Waals surface area contributed by atoms with E-state index < -0.39 is 0 Å². The molecule has 1 atom stereocenters. The van der Waals surface area contributed by atoms with Gasteiger partial charge >= 0.3 is 0 Å². The predicted octanol–water partition coefficient (Wildman–Crippen LogP) is 2.34. The summed E-state index contributed by atoms with van der Waals surface area (Å²) in [6.45, 7) is 8.62. The lowest BCUT2D eigenvalue weighted by molar-refractivity contribution is 0.136. The minimum absolute atomic E-state index is 0.429. The smallest absolute Gasteiger partial charge is 0.0621 e. The molecule has 3 rings (SSSR count). The van der Waals surface area contributed by atoms with Gasteiger partial charge in [0.25, 0.3) is 0 Å². The largest absolute Gasteiger partial charge is 0.383 e. The number of nitrogens with one attached hydrogen (secondary N) is 1. The minimum atomic E-state index is 0.429. The van der Waals surface area contributed by atoms with Crippen LogP contribution in [0.15, 0.2) is 24.3 Å². The van der Waals surface area contributed by atoms with Crippen molar-refractivity contribution < 1.29 is 4.74 Å². The highest BCUT2D eigenvalue weighted by molar-refractivity contribution is 5.54. The Hall–Kier alpha value is -1.10. The predicted molar refractivity (Wildman–Crippen MR) is 96.0 cm³/mol. The lowest BCUT2D eigenvalue weighted by Crippen LogP contribution is -2.45. The molecule has 23 heavy (non-hydrogen) atoms. The maximum Gasteiger partial charge on any atom is 0.0621 e. The van der Waals surface area contributed by atoms with E-state index in [0.29, 0.717) is 11.5 Å². The van der Waals surface area contributed by atoms with Gasteiger partial charge in [0, 0.05) is 51.6 Å². The molecule has 1 unspecified atom stereocenters. The Morgan fingerprint density at radius 2 is 1.87 bits per heavy atom. The number of likely N-dealkylation sites (N-methyl/N-ethyl adjacent to an activating group) is 1. The molecule has 1 aromatic rings. The molecule has 0 spiro atoms. The summed E-state index contributed by atoms with van der Waals surface area (Å²) in [5.74, 6) is 0. The molecule has 1 heterocycles. The summed E-state index contributed by atoms with van der Waals surface area (Å²) in [6, 6.07) is 9.30. The summed E-state index contributed by atoms with van der Waals surface area (Å²) >= 11 is 0. The van der Waals surface area contributed by atoms with Crippen molar-refractivity contribution in [1.29, 1.82) is 0 Å². The fourth-order valence-electron chi connectivity index (χ4n) is 3.47. The zero-order valence-electron chi connectivity index (χ0n) is 14.8. The van der Waals surface area contributed by atoms with Gasteiger partial charge in [-0.05, 0) is 36.9 Å². The molecule has 1 saturated heterocycles. The normalized spacial score (nSPS) is 22.1. The van der Waals surface area contributed by atoms with Crippen molar-refractivity contribution in [2.45, 2.75) is 32.4 Å². The number of hydrogen-bond acceptors (Lipinski definition) is 4. The van der Waals surface area contributed by atoms with Crippen LogP contribution >= 0.6 is 0 Å². The number of rotatable bonds is 7. The minimum Gasteiger partial charge on any atom is -0.383 e. The number of para-hydroxylation sites is 1. The van der Waals surface area contributed by atoms with Crippen LogP contribution in [-0.4, -0.2) is 57.9 Å². The standard InChI is InChI=1S/C19H31N3O/c1-19(8-9-19)18(15-23-3)20-14-16-6-4-5-7-17(16)22-12-10-21(2)11-13-22/h4-7,18,20H,8-15H2,1-3H3. The van der Waals surface area contributed by atoms with Crippen LogP contribution in [0, 0.1) is 5.41 Å². The van der Waals surface area contributed by atoms with Crippen molar-refractivity contribution in [2.24, 2.45) is 5.41 Å². The molecule has 0 amide bonds. The van der Waals surface area contributed by atoms with Crippen molar-refractivity contribution in [2.75, 3.05) is 51.8 Å². The van der Waals surface area contributed by atoms with E-state index in [9.17, 15) is 0 Å². The Bertz CT molecular complexity index is 507. The number of benzene rings is 1. The first-order chi connectivity index (χ1) is 11.1. The number of nitrogens with zero attached hydrogens (tertiary/aromatic N) is 2. The van der Waals surface area contributed by atoms with Gasteiger partial charge in [-0.3, -0.25) is 0 Å². The molecule has 1 saturated carbocycles. The molecule has 1 aliphatic carbocycles. The number of hydrogen-bond donors (Lipinski definition) is 1. The van der Waals surface area contributed by atoms with Crippen LogP contribution in [0.5, 0.6) is 0 Å². The number of methoxy groups -OCH3 is 1. The summed E-state index contributed by atoms with van der Waals surface area (Å²) in [6.07, 6.45) is 2.63. The maximum atomic E-state index is 5.44. The van der Waals surface area contributed by atoms with Crippen molar-refractivity contribution in [3.05, 3.63) is 29.8 Å². The van der Waals surface area contributed by atoms with E-state index in [1.54, 1.807) is 7.11 Å². The van der Waals surface area contributed by atoms with E-state index in [1.165, 1.54) is 24.1 Å². The zero-order valence-corrected chi connectivity index (χ0v) is 14.8. The maximum absolute atomic E-state index is 5.44. The van der Waals surface area contributed by atoms with Gasteiger partial charge in [0.2, 0.25) is 0 Å². The average Bonchev–Trinajstić information content (AvgIpc) is 3.31. The lowest BCUT2D eigenvalue weighted by Gasteiger charge is -2.35. The number of ether oxygens (including phenoxy) is 1. The summed E-state index contributed by atoms with van der Waals surface area (Å²) in [7, 11) is 4.01. The molecule has 1 N–H and O–H groups in total. The molecule has 1 aromatic carbocycles. The van der Waals surface area contributed by atoms with Gasteiger partial charge in [0.05, 0.1) is 6.61 Å². The van der Waals surface area contributed by atoms with Crippen molar-refractivity contribution in [3.8, 4) is 0 Å². The van der Waals surface area contributed by atoms with Crippen LogP contribution in [0.2, 0.25) is 0 Å². The van der Waals surface area contributed by atoms with E-state index >= 15 is 0 Å². The monoisotopic (exact) mass is 317 g/mol. The third-order valence-corrected chi connectivity index (χ3v) is 5.59. The molecule has 1 aliphatic heterocycles. The highest BCUT2D eigenvalue weighted by Crippen LogP contribution is 2.48. The van der Waals surface area contributed by atoms with E-state index in [-0.39, 0.29) is 0 Å². The summed E-state index contributed by atoms with van der Waals surface area (Å²) in [4.78, 5) is 4.93. The molecular weight excluding hydrogens is 286 g/mol. The van der Waals surface area contributed by atoms with E-state index in [1.807, 2.05) is 0 Å². The fourth-order valence-corrected chi connectivity index (χ4v) is 3.47. The van der Waals surface area contributed by atoms with Gasteiger partial charge in [-0.1, -0.05) is 25.1 Å². The molecule has 128 valence electrons. The summed E-state index contributed by atoms with van der Waals surface area (Å²) < 4.78 is 5.44. The molecule has 0 radical (unpaired) electrons. The second kappa shape index (κ2) is 7.20. The van der Waals surface area contributed by atoms with Crippen molar-refractivity contribution in [1.82, 2.24) is 10.2 Å². The Labute approximate surface area is 140 Å². The van der Waals surface area contributed by atoms with Crippen molar-refractivity contribution >= 4 is 5.69 Å². The Kier molecular flexibility index (Phi) is 5.24. The van der Waals surface area contributed by atoms with E-state index in [2.05, 4.69) is 53.4 Å². The molecule has 4 nitrogen and oxygen atoms in total. The molecular formula is C19H31N3O. The first-order valence-corrected chi connectivity index (χ1v) is 8.86. The van der Waals surface area contributed by atoms with Crippen LogP contribution in [0.4, 0.5) is 5.69 Å². The van der Waals surface area contributed by atoms with Gasteiger partial charge in [-0.25, -0.2) is 0 Å². The number of piperazine rings is 1. The third kappa shape index (κ3) is 4.06. The van der Waals surface area contributed by atoms with Gasteiger partial charge in [0.15, 0.2) is 0 Å². The summed E-state index contributed by atoms with van der Waals surface area (Å²) in [5, 5.41) is 3.77. The highest BCUT2D eigenvalue weighted by Gasteiger charge is 2.44. The highest BCUT2D eigenvalue weighted by atomic mass is 16.5. The fraction of sp³-hybridized carbons (Fsp3) is 0.684. The molecule has 2 aliphatic rings. The molecule has 0 bridgehead atoms. The van der Waals surface area contributed by atoms with Crippen LogP contribution in [-0.2, 0) is 11.3 Å². The zero-order chi connectivity index (χ0) is 16.3.